The summed E-state index contributed by atoms with van der Waals surface area (Å²) in [5.74, 6) is 0. The van der Waals surface area contributed by atoms with Crippen LogP contribution in [-0.2, 0) is 4.74 Å². The first-order chi connectivity index (χ1) is 10.1. The van der Waals surface area contributed by atoms with Crippen LogP contribution in [0.5, 0.6) is 0 Å². The third-order valence-electron chi connectivity index (χ3n) is 4.99. The Bertz CT molecular complexity index is 294. The van der Waals surface area contributed by atoms with Crippen molar-refractivity contribution in [2.75, 3.05) is 39.3 Å². The average Bonchev–Trinajstić information content (AvgIpc) is 3.08. The van der Waals surface area contributed by atoms with Gasteiger partial charge in [0.2, 0.25) is 0 Å². The van der Waals surface area contributed by atoms with E-state index < -0.39 is 0 Å². The fraction of sp³-hybridized carbons (Fsp3) is 1.00. The van der Waals surface area contributed by atoms with Gasteiger partial charge < -0.3 is 10.1 Å². The van der Waals surface area contributed by atoms with Crippen LogP contribution in [0.4, 0.5) is 0 Å². The Hall–Kier alpha value is -0.160. The molecule has 2 heterocycles. The van der Waals surface area contributed by atoms with Crippen LogP contribution >= 0.6 is 0 Å². The van der Waals surface area contributed by atoms with E-state index in [2.05, 4.69) is 42.8 Å². The smallest absolute Gasteiger partial charge is 0.0707 e. The second kappa shape index (κ2) is 8.47. The van der Waals surface area contributed by atoms with Crippen molar-refractivity contribution in [3.05, 3.63) is 0 Å². The van der Waals surface area contributed by atoms with Crippen LogP contribution in [0.25, 0.3) is 0 Å². The van der Waals surface area contributed by atoms with Gasteiger partial charge in [-0.25, -0.2) is 0 Å². The summed E-state index contributed by atoms with van der Waals surface area (Å²) in [6.07, 6.45) is 4.67. The Morgan fingerprint density at radius 1 is 1.14 bits per heavy atom. The van der Waals surface area contributed by atoms with Crippen LogP contribution in [0.2, 0.25) is 0 Å². The van der Waals surface area contributed by atoms with E-state index in [9.17, 15) is 0 Å². The minimum absolute atomic E-state index is 0.429. The lowest BCUT2D eigenvalue weighted by atomic mass is 10.2. The van der Waals surface area contributed by atoms with E-state index in [-0.39, 0.29) is 0 Å². The third-order valence-corrected chi connectivity index (χ3v) is 4.99. The van der Waals surface area contributed by atoms with E-state index in [1.54, 1.807) is 0 Å². The van der Waals surface area contributed by atoms with Crippen LogP contribution in [0.1, 0.15) is 47.0 Å². The number of ether oxygens (including phenoxy) is 1. The van der Waals surface area contributed by atoms with E-state index in [0.29, 0.717) is 18.2 Å². The molecule has 0 saturated carbocycles. The lowest BCUT2D eigenvalue weighted by Crippen LogP contribution is -2.39. The molecule has 0 aliphatic carbocycles. The van der Waals surface area contributed by atoms with Crippen molar-refractivity contribution in [1.29, 1.82) is 0 Å². The molecule has 0 bridgehead atoms. The summed E-state index contributed by atoms with van der Waals surface area (Å²) in [4.78, 5) is 5.22. The van der Waals surface area contributed by atoms with Crippen molar-refractivity contribution < 1.29 is 4.74 Å². The lowest BCUT2D eigenvalue weighted by molar-refractivity contribution is 0.0255. The van der Waals surface area contributed by atoms with E-state index in [1.165, 1.54) is 45.4 Å². The predicted molar refractivity (Wildman–Crippen MR) is 88.8 cm³/mol. The molecule has 4 heteroatoms. The summed E-state index contributed by atoms with van der Waals surface area (Å²) < 4.78 is 6.20. The third kappa shape index (κ3) is 5.20. The first-order valence-corrected chi connectivity index (χ1v) is 8.97. The molecule has 3 atom stereocenters. The fourth-order valence-electron chi connectivity index (χ4n) is 3.74. The first kappa shape index (κ1) is 17.2. The molecule has 2 aliphatic heterocycles. The molecule has 0 aromatic heterocycles. The standard InChI is InChI=1S/C17H35N3O/c1-5-20(6-2)15-9-10-19(12-15)13-17-8-7-16(21-17)11-18-14(3)4/h14-18H,5-13H2,1-4H3. The van der Waals surface area contributed by atoms with E-state index in [1.807, 2.05) is 0 Å². The Morgan fingerprint density at radius 3 is 2.52 bits per heavy atom. The number of likely N-dealkylation sites (N-methyl/N-ethyl adjacent to an activating group) is 1. The molecule has 4 nitrogen and oxygen atoms in total. The van der Waals surface area contributed by atoms with E-state index in [0.717, 1.165) is 19.1 Å². The van der Waals surface area contributed by atoms with Crippen molar-refractivity contribution in [3.63, 3.8) is 0 Å². The summed E-state index contributed by atoms with van der Waals surface area (Å²) in [6, 6.07) is 1.32. The summed E-state index contributed by atoms with van der Waals surface area (Å²) in [7, 11) is 0. The zero-order chi connectivity index (χ0) is 15.2. The molecule has 0 aromatic rings. The molecule has 2 aliphatic rings. The van der Waals surface area contributed by atoms with Gasteiger partial charge in [-0.2, -0.15) is 0 Å². The zero-order valence-electron chi connectivity index (χ0n) is 14.5. The highest BCUT2D eigenvalue weighted by atomic mass is 16.5. The molecule has 2 saturated heterocycles. The van der Waals surface area contributed by atoms with Crippen molar-refractivity contribution in [3.8, 4) is 0 Å². The molecule has 1 N–H and O–H groups in total. The summed E-state index contributed by atoms with van der Waals surface area (Å²) >= 11 is 0. The Balaban J connectivity index is 1.67. The number of hydrogen-bond donors (Lipinski definition) is 1. The maximum Gasteiger partial charge on any atom is 0.0707 e. The molecule has 21 heavy (non-hydrogen) atoms. The van der Waals surface area contributed by atoms with Crippen LogP contribution in [0.3, 0.4) is 0 Å². The van der Waals surface area contributed by atoms with Gasteiger partial charge in [0, 0.05) is 31.7 Å². The summed E-state index contributed by atoms with van der Waals surface area (Å²) in [6.45, 7) is 15.9. The van der Waals surface area contributed by atoms with Gasteiger partial charge in [0.15, 0.2) is 0 Å². The molecule has 124 valence electrons. The Morgan fingerprint density at radius 2 is 1.86 bits per heavy atom. The van der Waals surface area contributed by atoms with Gasteiger partial charge in [-0.05, 0) is 38.9 Å². The number of hydrogen-bond acceptors (Lipinski definition) is 4. The van der Waals surface area contributed by atoms with Crippen molar-refractivity contribution in [1.82, 2.24) is 15.1 Å². The monoisotopic (exact) mass is 297 g/mol. The molecule has 0 spiro atoms. The van der Waals surface area contributed by atoms with Crippen molar-refractivity contribution in [2.24, 2.45) is 0 Å². The maximum atomic E-state index is 6.20. The quantitative estimate of drug-likeness (QED) is 0.741. The Labute approximate surface area is 131 Å². The average molecular weight is 297 g/mol. The van der Waals surface area contributed by atoms with Gasteiger partial charge in [0.1, 0.15) is 0 Å². The SMILES string of the molecule is CCN(CC)C1CCN(CC2CCC(CNC(C)C)O2)C1. The van der Waals surface area contributed by atoms with E-state index >= 15 is 0 Å². The van der Waals surface area contributed by atoms with Crippen LogP contribution in [-0.4, -0.2) is 73.4 Å². The topological polar surface area (TPSA) is 27.7 Å². The second-order valence-electron chi connectivity index (χ2n) is 6.94. The predicted octanol–water partition coefficient (Wildman–Crippen LogP) is 1.95. The minimum atomic E-state index is 0.429. The van der Waals surface area contributed by atoms with Crippen molar-refractivity contribution >= 4 is 0 Å². The fourth-order valence-corrected chi connectivity index (χ4v) is 3.74. The summed E-state index contributed by atoms with van der Waals surface area (Å²) in [5, 5.41) is 3.49. The molecule has 2 rings (SSSR count). The maximum absolute atomic E-state index is 6.20. The van der Waals surface area contributed by atoms with Gasteiger partial charge in [-0.1, -0.05) is 27.7 Å². The number of nitrogens with zero attached hydrogens (tertiary/aromatic N) is 2. The molecule has 0 radical (unpaired) electrons. The molecular formula is C17H35N3O. The molecule has 3 unspecified atom stereocenters. The van der Waals surface area contributed by atoms with Gasteiger partial charge >= 0.3 is 0 Å². The number of rotatable bonds is 8. The molecule has 0 amide bonds. The first-order valence-electron chi connectivity index (χ1n) is 8.97. The molecular weight excluding hydrogens is 262 g/mol. The van der Waals surface area contributed by atoms with Gasteiger partial charge in [-0.3, -0.25) is 9.80 Å². The second-order valence-corrected chi connectivity index (χ2v) is 6.94. The Kier molecular flexibility index (Phi) is 6.93. The van der Waals surface area contributed by atoms with Crippen LogP contribution in [0.15, 0.2) is 0 Å². The van der Waals surface area contributed by atoms with Crippen LogP contribution in [0, 0.1) is 0 Å². The molecule has 2 fully saturated rings. The van der Waals surface area contributed by atoms with Gasteiger partial charge in [0.25, 0.3) is 0 Å². The van der Waals surface area contributed by atoms with Crippen LogP contribution < -0.4 is 5.32 Å². The minimum Gasteiger partial charge on any atom is -0.372 e. The van der Waals surface area contributed by atoms with Gasteiger partial charge in [0.05, 0.1) is 12.2 Å². The van der Waals surface area contributed by atoms with Crippen molar-refractivity contribution in [2.45, 2.75) is 71.2 Å². The van der Waals surface area contributed by atoms with E-state index in [4.69, 9.17) is 4.74 Å². The number of nitrogens with one attached hydrogen (secondary N) is 1. The highest BCUT2D eigenvalue weighted by Gasteiger charge is 2.31. The molecule has 0 aromatic carbocycles. The highest BCUT2D eigenvalue weighted by molar-refractivity contribution is 4.86. The highest BCUT2D eigenvalue weighted by Crippen LogP contribution is 2.23. The normalized spacial score (nSPS) is 30.9. The van der Waals surface area contributed by atoms with Gasteiger partial charge in [-0.15, -0.1) is 0 Å². The largest absolute Gasteiger partial charge is 0.372 e. The zero-order valence-corrected chi connectivity index (χ0v) is 14.5. The number of likely N-dealkylation sites (tertiary alicyclic amines) is 1. The lowest BCUT2D eigenvalue weighted by Gasteiger charge is -2.27. The summed E-state index contributed by atoms with van der Waals surface area (Å²) in [5.41, 5.74) is 0.